The molecule has 5 nitrogen and oxygen atoms in total. The third-order valence-corrected chi connectivity index (χ3v) is 4.52. The van der Waals surface area contributed by atoms with Crippen LogP contribution in [0.25, 0.3) is 0 Å². The highest BCUT2D eigenvalue weighted by Gasteiger charge is 2.34. The van der Waals surface area contributed by atoms with Crippen molar-refractivity contribution in [3.63, 3.8) is 0 Å². The van der Waals surface area contributed by atoms with Crippen LogP contribution >= 0.6 is 12.4 Å². The van der Waals surface area contributed by atoms with Crippen LogP contribution in [0.4, 0.5) is 0 Å². The summed E-state index contributed by atoms with van der Waals surface area (Å²) in [6.07, 6.45) is 2.14. The van der Waals surface area contributed by atoms with Crippen LogP contribution in [0.3, 0.4) is 0 Å². The maximum absolute atomic E-state index is 11.8. The molecule has 0 aromatic carbocycles. The summed E-state index contributed by atoms with van der Waals surface area (Å²) in [5.41, 5.74) is 5.54. The van der Waals surface area contributed by atoms with Crippen LogP contribution in [0.2, 0.25) is 0 Å². The van der Waals surface area contributed by atoms with Gasteiger partial charge in [0.25, 0.3) is 0 Å². The molecule has 98 valence electrons. The van der Waals surface area contributed by atoms with Gasteiger partial charge in [-0.15, -0.1) is 12.4 Å². The van der Waals surface area contributed by atoms with Gasteiger partial charge in [-0.1, -0.05) is 0 Å². The maximum Gasteiger partial charge on any atom is 0.216 e. The van der Waals surface area contributed by atoms with Crippen molar-refractivity contribution < 1.29 is 13.2 Å². The average Bonchev–Trinajstić information content (AvgIpc) is 2.98. The van der Waals surface area contributed by atoms with Gasteiger partial charge in [-0.05, 0) is 25.7 Å². The van der Waals surface area contributed by atoms with Crippen molar-refractivity contribution in [3.8, 4) is 0 Å². The van der Waals surface area contributed by atoms with Gasteiger partial charge in [0.2, 0.25) is 10.0 Å². The van der Waals surface area contributed by atoms with Crippen molar-refractivity contribution in [2.24, 2.45) is 11.7 Å². The number of rotatable bonds is 7. The minimum absolute atomic E-state index is 0. The summed E-state index contributed by atoms with van der Waals surface area (Å²) in [5, 5.41) is -0.532. The second-order valence-electron chi connectivity index (χ2n) is 4.11. The van der Waals surface area contributed by atoms with Gasteiger partial charge in [0.1, 0.15) is 0 Å². The monoisotopic (exact) mass is 272 g/mol. The van der Waals surface area contributed by atoms with E-state index in [1.807, 2.05) is 0 Å². The lowest BCUT2D eigenvalue weighted by Crippen LogP contribution is -2.46. The van der Waals surface area contributed by atoms with E-state index >= 15 is 0 Å². The Hall–Kier alpha value is 0.120. The molecule has 0 heterocycles. The molecule has 1 aliphatic rings. The maximum atomic E-state index is 11.8. The van der Waals surface area contributed by atoms with E-state index in [9.17, 15) is 8.42 Å². The van der Waals surface area contributed by atoms with Crippen molar-refractivity contribution in [1.29, 1.82) is 0 Å². The van der Waals surface area contributed by atoms with E-state index in [-0.39, 0.29) is 25.1 Å². The third kappa shape index (κ3) is 4.55. The highest BCUT2D eigenvalue weighted by molar-refractivity contribution is 7.90. The molecule has 0 amide bonds. The Balaban J connectivity index is 0.00000225. The van der Waals surface area contributed by atoms with Crippen molar-refractivity contribution in [1.82, 2.24) is 4.72 Å². The van der Waals surface area contributed by atoms with E-state index in [1.165, 1.54) is 7.11 Å². The molecule has 0 aromatic rings. The summed E-state index contributed by atoms with van der Waals surface area (Å²) >= 11 is 0. The predicted molar refractivity (Wildman–Crippen MR) is 66.2 cm³/mol. The highest BCUT2D eigenvalue weighted by Crippen LogP contribution is 2.32. The molecule has 1 rings (SSSR count). The van der Waals surface area contributed by atoms with Gasteiger partial charge in [0, 0.05) is 19.7 Å². The molecular weight excluding hydrogens is 252 g/mol. The fourth-order valence-corrected chi connectivity index (χ4v) is 2.75. The molecule has 1 fully saturated rings. The minimum Gasteiger partial charge on any atom is -0.383 e. The number of nitrogens with two attached hydrogens (primary N) is 1. The number of hydrogen-bond acceptors (Lipinski definition) is 4. The molecule has 0 spiro atoms. The van der Waals surface area contributed by atoms with E-state index in [4.69, 9.17) is 10.5 Å². The van der Waals surface area contributed by atoms with Gasteiger partial charge in [0.05, 0.1) is 11.9 Å². The quantitative estimate of drug-likeness (QED) is 0.689. The smallest absolute Gasteiger partial charge is 0.216 e. The summed E-state index contributed by atoms with van der Waals surface area (Å²) < 4.78 is 31.0. The normalized spacial score (nSPS) is 19.9. The molecule has 0 saturated heterocycles. The summed E-state index contributed by atoms with van der Waals surface area (Å²) in [7, 11) is -1.80. The molecule has 7 heteroatoms. The van der Waals surface area contributed by atoms with Crippen LogP contribution in [0, 0.1) is 5.92 Å². The zero-order valence-electron chi connectivity index (χ0n) is 9.68. The van der Waals surface area contributed by atoms with E-state index < -0.39 is 15.3 Å². The minimum atomic E-state index is -3.29. The molecule has 0 bridgehead atoms. The number of nitrogens with one attached hydrogen (secondary N) is 1. The zero-order valence-corrected chi connectivity index (χ0v) is 11.3. The van der Waals surface area contributed by atoms with E-state index in [0.717, 1.165) is 12.8 Å². The van der Waals surface area contributed by atoms with Crippen LogP contribution in [0.1, 0.15) is 19.8 Å². The van der Waals surface area contributed by atoms with Gasteiger partial charge in [-0.3, -0.25) is 0 Å². The fraction of sp³-hybridized carbons (Fsp3) is 1.00. The molecule has 16 heavy (non-hydrogen) atoms. The van der Waals surface area contributed by atoms with E-state index in [2.05, 4.69) is 4.72 Å². The van der Waals surface area contributed by atoms with Crippen LogP contribution in [-0.2, 0) is 14.8 Å². The molecule has 2 atom stereocenters. The summed E-state index contributed by atoms with van der Waals surface area (Å²) in [6, 6.07) is -0.102. The Morgan fingerprint density at radius 3 is 2.44 bits per heavy atom. The lowest BCUT2D eigenvalue weighted by atomic mass is 10.2. The topological polar surface area (TPSA) is 81.4 Å². The molecular formula is C9H21ClN2O3S. The largest absolute Gasteiger partial charge is 0.383 e. The van der Waals surface area contributed by atoms with Crippen LogP contribution in [0.5, 0.6) is 0 Å². The van der Waals surface area contributed by atoms with Crippen molar-refractivity contribution in [2.75, 3.05) is 20.3 Å². The lowest BCUT2D eigenvalue weighted by molar-refractivity contribution is 0.200. The molecule has 0 aliphatic heterocycles. The van der Waals surface area contributed by atoms with Crippen LogP contribution in [-0.4, -0.2) is 40.0 Å². The standard InChI is InChI=1S/C9H20N2O3S.ClH/c1-7(6-14-2)15(12,13)11-9(5-10)8-3-4-8;/h7-9,11H,3-6,10H2,1-2H3;1H. The number of halogens is 1. The number of hydrogen-bond donors (Lipinski definition) is 2. The second kappa shape index (κ2) is 6.76. The Labute approximate surface area is 104 Å². The predicted octanol–water partition coefficient (Wildman–Crippen LogP) is 0.0998. The first-order chi connectivity index (χ1) is 7.01. The van der Waals surface area contributed by atoms with Crippen LogP contribution in [0.15, 0.2) is 0 Å². The molecule has 2 unspecified atom stereocenters. The lowest BCUT2D eigenvalue weighted by Gasteiger charge is -2.19. The second-order valence-corrected chi connectivity index (χ2v) is 6.24. The SMILES string of the molecule is COCC(C)S(=O)(=O)NC(CN)C1CC1.Cl. The Bertz CT molecular complexity index is 293. The first-order valence-electron chi connectivity index (χ1n) is 5.21. The molecule has 0 radical (unpaired) electrons. The van der Waals surface area contributed by atoms with Crippen LogP contribution < -0.4 is 10.5 Å². The summed E-state index contributed by atoms with van der Waals surface area (Å²) in [6.45, 7) is 2.20. The first kappa shape index (κ1) is 16.1. The molecule has 0 aromatic heterocycles. The van der Waals surface area contributed by atoms with Crippen molar-refractivity contribution in [3.05, 3.63) is 0 Å². The third-order valence-electron chi connectivity index (χ3n) is 2.69. The number of methoxy groups -OCH3 is 1. The molecule has 1 aliphatic carbocycles. The molecule has 3 N–H and O–H groups in total. The fourth-order valence-electron chi connectivity index (χ4n) is 1.49. The first-order valence-corrected chi connectivity index (χ1v) is 6.76. The van der Waals surface area contributed by atoms with Gasteiger partial charge < -0.3 is 10.5 Å². The van der Waals surface area contributed by atoms with Gasteiger partial charge in [-0.2, -0.15) is 0 Å². The van der Waals surface area contributed by atoms with E-state index in [0.29, 0.717) is 12.5 Å². The van der Waals surface area contributed by atoms with Crippen molar-refractivity contribution >= 4 is 22.4 Å². The highest BCUT2D eigenvalue weighted by atomic mass is 35.5. The van der Waals surface area contributed by atoms with Crippen molar-refractivity contribution in [2.45, 2.75) is 31.1 Å². The summed E-state index contributed by atoms with van der Waals surface area (Å²) in [5.74, 6) is 0.430. The van der Waals surface area contributed by atoms with E-state index in [1.54, 1.807) is 6.92 Å². The van der Waals surface area contributed by atoms with Gasteiger partial charge >= 0.3 is 0 Å². The summed E-state index contributed by atoms with van der Waals surface area (Å²) in [4.78, 5) is 0. The average molecular weight is 273 g/mol. The Morgan fingerprint density at radius 2 is 2.06 bits per heavy atom. The number of sulfonamides is 1. The zero-order chi connectivity index (χ0) is 11.5. The Kier molecular flexibility index (Phi) is 6.81. The van der Waals surface area contributed by atoms with Gasteiger partial charge in [0.15, 0.2) is 0 Å². The Morgan fingerprint density at radius 1 is 1.50 bits per heavy atom. The molecule has 1 saturated carbocycles. The van der Waals surface area contributed by atoms with Gasteiger partial charge in [-0.25, -0.2) is 13.1 Å². The number of ether oxygens (including phenoxy) is 1.